The van der Waals surface area contributed by atoms with Crippen LogP contribution in [0.5, 0.6) is 0 Å². The Morgan fingerprint density at radius 3 is 0.722 bits per heavy atom. The second-order valence-electron chi connectivity index (χ2n) is 29.4. The van der Waals surface area contributed by atoms with Crippen molar-refractivity contribution >= 4 is 0 Å². The molecule has 16 aromatic rings. The van der Waals surface area contributed by atoms with E-state index in [-0.39, 0.29) is 10.8 Å². The summed E-state index contributed by atoms with van der Waals surface area (Å²) in [5.74, 6) is 3.98. The molecule has 516 valence electrons. The Hall–Kier alpha value is -12.9. The molecule has 14 aromatic carbocycles. The van der Waals surface area contributed by atoms with Crippen LogP contribution in [0.25, 0.3) is 157 Å². The lowest BCUT2D eigenvalue weighted by Crippen LogP contribution is -2.28. The molecule has 0 unspecified atom stereocenters. The summed E-state index contributed by atoms with van der Waals surface area (Å²) in [5.41, 5.74) is 32.8. The first-order chi connectivity index (χ1) is 53.5. The number of rotatable bonds is 12. The molecule has 0 aliphatic heterocycles. The Kier molecular flexibility index (Phi) is 17.4. The maximum Gasteiger partial charge on any atom is 0.164 e. The summed E-state index contributed by atoms with van der Waals surface area (Å²) in [6.07, 6.45) is 12.8. The molecule has 0 bridgehead atoms. The van der Waals surface area contributed by atoms with E-state index in [0.717, 1.165) is 44.5 Å². The Bertz CT molecular complexity index is 5830. The Morgan fingerprint density at radius 2 is 0.380 bits per heavy atom. The number of hydrogen-bond acceptors (Lipinski definition) is 6. The van der Waals surface area contributed by atoms with Crippen molar-refractivity contribution in [1.82, 2.24) is 29.9 Å². The van der Waals surface area contributed by atoms with Gasteiger partial charge in [0, 0.05) is 44.2 Å². The lowest BCUT2D eigenvalue weighted by atomic mass is 9.66. The van der Waals surface area contributed by atoms with E-state index in [9.17, 15) is 0 Å². The van der Waals surface area contributed by atoms with Crippen LogP contribution >= 0.6 is 0 Å². The zero-order valence-corrected chi connectivity index (χ0v) is 60.2. The topological polar surface area (TPSA) is 77.3 Å². The number of aromatic nitrogens is 6. The minimum absolute atomic E-state index is 0.117. The first-order valence-electron chi connectivity index (χ1n) is 38.3. The normalized spacial score (nSPS) is 14.1. The molecule has 20 rings (SSSR count). The average molecular weight is 1390 g/mol. The van der Waals surface area contributed by atoms with E-state index < -0.39 is 0 Å². The van der Waals surface area contributed by atoms with Gasteiger partial charge >= 0.3 is 0 Å². The van der Waals surface area contributed by atoms with Crippen LogP contribution in [0, 0.1) is 0 Å². The minimum Gasteiger partial charge on any atom is -0.208 e. The highest BCUT2D eigenvalue weighted by Crippen LogP contribution is 2.60. The third kappa shape index (κ3) is 12.3. The first-order valence-corrected chi connectivity index (χ1v) is 38.3. The fourth-order valence-corrected chi connectivity index (χ4v) is 17.9. The zero-order valence-electron chi connectivity index (χ0n) is 60.2. The molecule has 0 atom stereocenters. The molecular weight excluding hydrogens is 1310 g/mol. The molecule has 2 fully saturated rings. The number of hydrogen-bond donors (Lipinski definition) is 0. The summed E-state index contributed by atoms with van der Waals surface area (Å²) < 4.78 is 0. The molecule has 6 nitrogen and oxygen atoms in total. The van der Waals surface area contributed by atoms with Gasteiger partial charge in [0.2, 0.25) is 0 Å². The van der Waals surface area contributed by atoms with Crippen LogP contribution in [0.4, 0.5) is 0 Å². The van der Waals surface area contributed by atoms with Crippen molar-refractivity contribution in [3.8, 4) is 157 Å². The van der Waals surface area contributed by atoms with Crippen LogP contribution < -0.4 is 0 Å². The molecule has 4 aliphatic carbocycles. The smallest absolute Gasteiger partial charge is 0.164 e. The third-order valence-corrected chi connectivity index (χ3v) is 23.1. The quantitative estimate of drug-likeness (QED) is 0.121. The number of fused-ring (bicyclic) bond motifs is 10. The summed E-state index contributed by atoms with van der Waals surface area (Å²) in [5, 5.41) is 0. The molecule has 2 saturated carbocycles. The van der Waals surface area contributed by atoms with Gasteiger partial charge in [-0.2, -0.15) is 0 Å². The second kappa shape index (κ2) is 28.5. The average Bonchev–Trinajstić information content (AvgIpc) is 1.56. The maximum atomic E-state index is 4.92. The SMILES string of the molecule is c1ccc(-c2nc(-c3ccccc3)nc(-c3ccc(-c4ccc(-c5cccc(-c6cccc7c6C6(CCCCC6)c6ccccc6-7)c5)cc4)cc3)n2)cc1.c1ccc(-c2nc(-c3ccccc3)nc(-c3ccc(-c4cccc(-c5ccc(-c6cccc7c6C6(CCCCC6)c6ccccc6-7)cc5)c4)cc3)n2)cc1. The van der Waals surface area contributed by atoms with Gasteiger partial charge in [0.05, 0.1) is 0 Å². The fourth-order valence-electron chi connectivity index (χ4n) is 17.9. The van der Waals surface area contributed by atoms with E-state index in [1.807, 2.05) is 121 Å². The molecule has 108 heavy (non-hydrogen) atoms. The van der Waals surface area contributed by atoms with Crippen LogP contribution in [0.1, 0.15) is 86.5 Å². The summed E-state index contributed by atoms with van der Waals surface area (Å²) in [4.78, 5) is 29.3. The van der Waals surface area contributed by atoms with Crippen LogP contribution in [0.15, 0.2) is 352 Å². The van der Waals surface area contributed by atoms with Gasteiger partial charge in [-0.25, -0.2) is 29.9 Å². The lowest BCUT2D eigenvalue weighted by molar-refractivity contribution is 0.353. The summed E-state index contributed by atoms with van der Waals surface area (Å²) in [6.45, 7) is 0. The fraction of sp³-hybridized carbons (Fsp3) is 0.118. The van der Waals surface area contributed by atoms with E-state index in [0.29, 0.717) is 34.9 Å². The van der Waals surface area contributed by atoms with Crippen LogP contribution in [-0.2, 0) is 10.8 Å². The molecule has 0 N–H and O–H groups in total. The minimum atomic E-state index is 0.117. The van der Waals surface area contributed by atoms with E-state index >= 15 is 0 Å². The van der Waals surface area contributed by atoms with Crippen LogP contribution in [-0.4, -0.2) is 29.9 Å². The molecule has 4 aliphatic rings. The van der Waals surface area contributed by atoms with Gasteiger partial charge < -0.3 is 0 Å². The molecule has 0 saturated heterocycles. The van der Waals surface area contributed by atoms with Gasteiger partial charge in [0.25, 0.3) is 0 Å². The van der Waals surface area contributed by atoms with E-state index in [1.165, 1.54) is 153 Å². The van der Waals surface area contributed by atoms with E-state index in [2.05, 4.69) is 231 Å². The zero-order chi connectivity index (χ0) is 71.8. The molecule has 2 spiro atoms. The first kappa shape index (κ1) is 65.8. The Labute approximate surface area is 632 Å². The largest absolute Gasteiger partial charge is 0.208 e. The highest BCUT2D eigenvalue weighted by molar-refractivity contribution is 5.92. The van der Waals surface area contributed by atoms with Gasteiger partial charge in [-0.15, -0.1) is 0 Å². The lowest BCUT2D eigenvalue weighted by Gasteiger charge is -2.37. The Morgan fingerprint density at radius 1 is 0.157 bits per heavy atom. The standard InChI is InChI=1S/2C51H39N3/c1-4-14-38(15-5-1)48-52-49(39-16-6-2-7-17-39)54-50(53-48)40-30-26-36(27-31-40)42-19-12-18-41(34-42)35-24-28-37(29-25-35)43-21-13-22-45-44-20-8-9-23-46(44)51(47(43)45)32-10-3-11-33-51;1-4-14-38(15-5-1)48-52-49(39-16-6-2-7-17-39)54-50(53-48)40-30-28-36(29-31-40)35-24-26-37(27-25-35)41-18-12-19-42(34-41)43-21-13-22-45-44-20-8-9-23-46(44)51(47(43)45)32-10-3-11-33-51/h2*1-2,4-9,12-31,34H,3,10-11,32-33H2. The van der Waals surface area contributed by atoms with E-state index in [4.69, 9.17) is 29.9 Å². The van der Waals surface area contributed by atoms with Crippen molar-refractivity contribution in [1.29, 1.82) is 0 Å². The summed E-state index contributed by atoms with van der Waals surface area (Å²) in [6, 6.07) is 126. The summed E-state index contributed by atoms with van der Waals surface area (Å²) >= 11 is 0. The van der Waals surface area contributed by atoms with Gasteiger partial charge in [-0.3, -0.25) is 0 Å². The van der Waals surface area contributed by atoms with Crippen molar-refractivity contribution in [3.05, 3.63) is 374 Å². The van der Waals surface area contributed by atoms with Gasteiger partial charge in [0.1, 0.15) is 0 Å². The monoisotopic (exact) mass is 1390 g/mol. The molecule has 2 aromatic heterocycles. The summed E-state index contributed by atoms with van der Waals surface area (Å²) in [7, 11) is 0. The van der Waals surface area contributed by atoms with Crippen molar-refractivity contribution in [3.63, 3.8) is 0 Å². The number of benzene rings is 14. The highest BCUT2D eigenvalue weighted by Gasteiger charge is 2.46. The van der Waals surface area contributed by atoms with Crippen LogP contribution in [0.3, 0.4) is 0 Å². The van der Waals surface area contributed by atoms with Crippen molar-refractivity contribution in [2.24, 2.45) is 0 Å². The van der Waals surface area contributed by atoms with Crippen molar-refractivity contribution in [2.75, 3.05) is 0 Å². The molecule has 2 heterocycles. The van der Waals surface area contributed by atoms with Crippen molar-refractivity contribution in [2.45, 2.75) is 75.0 Å². The number of nitrogens with zero attached hydrogens (tertiary/aromatic N) is 6. The molecule has 0 radical (unpaired) electrons. The van der Waals surface area contributed by atoms with Gasteiger partial charge in [-0.05, 0) is 149 Å². The second-order valence-corrected chi connectivity index (χ2v) is 29.4. The molecule has 6 heteroatoms. The predicted molar refractivity (Wildman–Crippen MR) is 443 cm³/mol. The maximum absolute atomic E-state index is 4.92. The predicted octanol–water partition coefficient (Wildman–Crippen LogP) is 26.2. The highest BCUT2D eigenvalue weighted by atomic mass is 15.0. The third-order valence-electron chi connectivity index (χ3n) is 23.1. The van der Waals surface area contributed by atoms with Gasteiger partial charge in [0.15, 0.2) is 34.9 Å². The Balaban J connectivity index is 0.000000147. The van der Waals surface area contributed by atoms with Crippen molar-refractivity contribution < 1.29 is 0 Å². The van der Waals surface area contributed by atoms with Crippen LogP contribution in [0.2, 0.25) is 0 Å². The van der Waals surface area contributed by atoms with E-state index in [1.54, 1.807) is 11.1 Å². The van der Waals surface area contributed by atoms with Gasteiger partial charge in [-0.1, -0.05) is 378 Å². The molecule has 0 amide bonds. The molecular formula is C102H78N6.